The number of nitrogens with zero attached hydrogens (tertiary/aromatic N) is 2. The van der Waals surface area contributed by atoms with Gasteiger partial charge in [-0.25, -0.2) is 4.98 Å². The Kier molecular flexibility index (Phi) is 4.01. The predicted molar refractivity (Wildman–Crippen MR) is 75.7 cm³/mol. The van der Waals surface area contributed by atoms with Crippen molar-refractivity contribution in [3.8, 4) is 5.75 Å². The number of aromatic nitrogens is 1. The second-order valence-electron chi connectivity index (χ2n) is 3.34. The molecule has 0 aliphatic carbocycles. The summed E-state index contributed by atoms with van der Waals surface area (Å²) in [5, 5.41) is 7.00. The van der Waals surface area contributed by atoms with Gasteiger partial charge in [0.25, 0.3) is 0 Å². The molecule has 1 heterocycles. The molecule has 0 atom stereocenters. The summed E-state index contributed by atoms with van der Waals surface area (Å²) >= 11 is 7.31. The Labute approximate surface area is 113 Å². The number of ether oxygens (including phenoxy) is 1. The van der Waals surface area contributed by atoms with Crippen molar-refractivity contribution in [2.45, 2.75) is 0 Å². The third-order valence-electron chi connectivity index (χ3n) is 2.07. The molecule has 94 valence electrons. The van der Waals surface area contributed by atoms with Gasteiger partial charge in [-0.1, -0.05) is 17.7 Å². The highest BCUT2D eigenvalue weighted by atomic mass is 35.5. The average Bonchev–Trinajstić information content (AvgIpc) is 2.77. The maximum absolute atomic E-state index is 5.92. The summed E-state index contributed by atoms with van der Waals surface area (Å²) in [5.41, 5.74) is 9.15. The smallest absolute Gasteiger partial charge is 0.205 e. The molecule has 0 saturated heterocycles. The summed E-state index contributed by atoms with van der Waals surface area (Å²) in [7, 11) is 1.57. The van der Waals surface area contributed by atoms with Gasteiger partial charge in [-0.05, 0) is 17.7 Å². The maximum atomic E-state index is 5.92. The molecule has 0 saturated carbocycles. The van der Waals surface area contributed by atoms with Crippen LogP contribution < -0.4 is 15.9 Å². The van der Waals surface area contributed by atoms with Crippen molar-refractivity contribution in [3.63, 3.8) is 0 Å². The van der Waals surface area contributed by atoms with Gasteiger partial charge < -0.3 is 10.5 Å². The van der Waals surface area contributed by atoms with E-state index in [9.17, 15) is 0 Å². The van der Waals surface area contributed by atoms with Crippen molar-refractivity contribution in [2.75, 3.05) is 18.3 Å². The first kappa shape index (κ1) is 12.7. The number of nitrogen functional groups attached to an aromatic ring is 1. The van der Waals surface area contributed by atoms with Gasteiger partial charge in [-0.2, -0.15) is 5.10 Å². The molecule has 0 aliphatic heterocycles. The number of methoxy groups -OCH3 is 1. The average molecular weight is 283 g/mol. The van der Waals surface area contributed by atoms with E-state index < -0.39 is 0 Å². The molecule has 1 aromatic carbocycles. The molecule has 2 rings (SSSR count). The Bertz CT molecular complexity index is 570. The van der Waals surface area contributed by atoms with Crippen LogP contribution in [0, 0.1) is 0 Å². The lowest BCUT2D eigenvalue weighted by Crippen LogP contribution is -1.92. The Morgan fingerprint density at radius 2 is 2.39 bits per heavy atom. The molecule has 0 fully saturated rings. The van der Waals surface area contributed by atoms with Crippen LogP contribution in [0.4, 0.5) is 10.9 Å². The van der Waals surface area contributed by atoms with E-state index in [0.29, 0.717) is 21.7 Å². The van der Waals surface area contributed by atoms with Crippen molar-refractivity contribution in [3.05, 3.63) is 34.2 Å². The van der Waals surface area contributed by atoms with E-state index in [1.54, 1.807) is 30.8 Å². The van der Waals surface area contributed by atoms with E-state index in [1.807, 2.05) is 6.07 Å². The SMILES string of the molecule is COc1cc(C=NNc2nc(N)cs2)ccc1Cl. The molecule has 5 nitrogen and oxygen atoms in total. The lowest BCUT2D eigenvalue weighted by Gasteiger charge is -2.02. The van der Waals surface area contributed by atoms with Crippen molar-refractivity contribution in [1.29, 1.82) is 0 Å². The Morgan fingerprint density at radius 1 is 1.56 bits per heavy atom. The van der Waals surface area contributed by atoms with E-state index in [4.69, 9.17) is 22.1 Å². The largest absolute Gasteiger partial charge is 0.495 e. The van der Waals surface area contributed by atoms with E-state index in [0.717, 1.165) is 5.56 Å². The van der Waals surface area contributed by atoms with Gasteiger partial charge >= 0.3 is 0 Å². The first-order chi connectivity index (χ1) is 8.69. The van der Waals surface area contributed by atoms with E-state index in [-0.39, 0.29) is 0 Å². The minimum atomic E-state index is 0.478. The van der Waals surface area contributed by atoms with Crippen LogP contribution in [-0.2, 0) is 0 Å². The third kappa shape index (κ3) is 3.12. The lowest BCUT2D eigenvalue weighted by atomic mass is 10.2. The number of anilines is 2. The number of nitrogens with two attached hydrogens (primary N) is 1. The standard InChI is InChI=1S/C11H11ClN4OS/c1-17-9-4-7(2-3-8(9)12)5-14-16-11-15-10(13)6-18-11/h2-6H,13H2,1H3,(H,15,16). The first-order valence-corrected chi connectivity index (χ1v) is 6.28. The van der Waals surface area contributed by atoms with Gasteiger partial charge in [0.1, 0.15) is 11.6 Å². The molecule has 0 radical (unpaired) electrons. The number of thiazole rings is 1. The summed E-state index contributed by atoms with van der Waals surface area (Å²) in [6.45, 7) is 0. The van der Waals surface area contributed by atoms with Crippen LogP contribution in [0.5, 0.6) is 5.75 Å². The molecule has 3 N–H and O–H groups in total. The van der Waals surface area contributed by atoms with Crippen molar-refractivity contribution in [2.24, 2.45) is 5.10 Å². The summed E-state index contributed by atoms with van der Waals surface area (Å²) < 4.78 is 5.11. The summed E-state index contributed by atoms with van der Waals surface area (Å²) in [6.07, 6.45) is 1.65. The Hall–Kier alpha value is -1.79. The summed E-state index contributed by atoms with van der Waals surface area (Å²) in [5.74, 6) is 1.09. The molecular formula is C11H11ClN4OS. The minimum Gasteiger partial charge on any atom is -0.495 e. The second-order valence-corrected chi connectivity index (χ2v) is 4.61. The zero-order chi connectivity index (χ0) is 13.0. The molecular weight excluding hydrogens is 272 g/mol. The normalized spacial score (nSPS) is 10.8. The van der Waals surface area contributed by atoms with Crippen LogP contribution in [0.15, 0.2) is 28.7 Å². The van der Waals surface area contributed by atoms with Crippen molar-refractivity contribution in [1.82, 2.24) is 4.98 Å². The van der Waals surface area contributed by atoms with E-state index in [1.165, 1.54) is 11.3 Å². The molecule has 7 heteroatoms. The number of benzene rings is 1. The molecule has 2 aromatic rings. The second kappa shape index (κ2) is 5.70. The van der Waals surface area contributed by atoms with E-state index in [2.05, 4.69) is 15.5 Å². The topological polar surface area (TPSA) is 72.5 Å². The van der Waals surface area contributed by atoms with Gasteiger partial charge in [-0.15, -0.1) is 11.3 Å². The number of rotatable bonds is 4. The zero-order valence-electron chi connectivity index (χ0n) is 9.55. The van der Waals surface area contributed by atoms with E-state index >= 15 is 0 Å². The summed E-state index contributed by atoms with van der Waals surface area (Å²) in [4.78, 5) is 4.02. The number of hydrogen-bond donors (Lipinski definition) is 2. The number of halogens is 1. The molecule has 0 aliphatic rings. The molecule has 0 spiro atoms. The van der Waals surface area contributed by atoms with Crippen LogP contribution in [0.25, 0.3) is 0 Å². The van der Waals surface area contributed by atoms with Crippen molar-refractivity contribution >= 4 is 40.1 Å². The molecule has 0 bridgehead atoms. The van der Waals surface area contributed by atoms with Crippen LogP contribution >= 0.6 is 22.9 Å². The van der Waals surface area contributed by atoms with Crippen LogP contribution in [0.1, 0.15) is 5.56 Å². The quantitative estimate of drug-likeness (QED) is 0.668. The van der Waals surface area contributed by atoms with Gasteiger partial charge in [-0.3, -0.25) is 5.43 Å². The van der Waals surface area contributed by atoms with Gasteiger partial charge in [0, 0.05) is 5.38 Å². The molecule has 1 aromatic heterocycles. The fourth-order valence-corrected chi connectivity index (χ4v) is 2.00. The number of hydrogen-bond acceptors (Lipinski definition) is 6. The third-order valence-corrected chi connectivity index (χ3v) is 3.15. The molecule has 18 heavy (non-hydrogen) atoms. The highest BCUT2D eigenvalue weighted by molar-refractivity contribution is 7.14. The maximum Gasteiger partial charge on any atom is 0.205 e. The first-order valence-electron chi connectivity index (χ1n) is 5.02. The van der Waals surface area contributed by atoms with Crippen LogP contribution in [0.2, 0.25) is 5.02 Å². The van der Waals surface area contributed by atoms with Gasteiger partial charge in [0.15, 0.2) is 0 Å². The minimum absolute atomic E-state index is 0.478. The fourth-order valence-electron chi connectivity index (χ4n) is 1.26. The summed E-state index contributed by atoms with van der Waals surface area (Å²) in [6, 6.07) is 5.39. The fraction of sp³-hybridized carbons (Fsp3) is 0.0909. The molecule has 0 amide bonds. The lowest BCUT2D eigenvalue weighted by molar-refractivity contribution is 0.415. The highest BCUT2D eigenvalue weighted by Gasteiger charge is 2.00. The van der Waals surface area contributed by atoms with Gasteiger partial charge in [0.05, 0.1) is 18.3 Å². The number of nitrogens with one attached hydrogen (secondary N) is 1. The highest BCUT2D eigenvalue weighted by Crippen LogP contribution is 2.24. The van der Waals surface area contributed by atoms with Gasteiger partial charge in [0.2, 0.25) is 5.13 Å². The van der Waals surface area contributed by atoms with Crippen LogP contribution in [-0.4, -0.2) is 18.3 Å². The predicted octanol–water partition coefficient (Wildman–Crippen LogP) is 2.83. The Balaban J connectivity index is 2.04. The monoisotopic (exact) mass is 282 g/mol. The number of hydrazone groups is 1. The van der Waals surface area contributed by atoms with Crippen LogP contribution in [0.3, 0.4) is 0 Å². The molecule has 0 unspecified atom stereocenters. The zero-order valence-corrected chi connectivity index (χ0v) is 11.1. The Morgan fingerprint density at radius 3 is 3.06 bits per heavy atom. The van der Waals surface area contributed by atoms with Crippen molar-refractivity contribution < 1.29 is 4.74 Å².